The molecule has 3 nitrogen and oxygen atoms in total. The topological polar surface area (TPSA) is 61.8 Å². The fraction of sp³-hybridized carbons (Fsp3) is 0. The van der Waals surface area contributed by atoms with E-state index in [0.717, 1.165) is 12.1 Å². The molecule has 0 radical (unpaired) electrons. The third-order valence-electron chi connectivity index (χ3n) is 2.46. The smallest absolute Gasteiger partial charge is 0.147 e. The minimum atomic E-state index is -0.601. The first kappa shape index (κ1) is 13.3. The van der Waals surface area contributed by atoms with E-state index in [9.17, 15) is 8.78 Å². The molecule has 0 spiro atoms. The summed E-state index contributed by atoms with van der Waals surface area (Å²) >= 11 is 2.90. The highest BCUT2D eigenvalue weighted by Gasteiger charge is 2.09. The number of benzene rings is 2. The van der Waals surface area contributed by atoms with E-state index < -0.39 is 11.6 Å². The van der Waals surface area contributed by atoms with Crippen molar-refractivity contribution in [1.82, 2.24) is 0 Å². The summed E-state index contributed by atoms with van der Waals surface area (Å²) in [6, 6.07) is 8.54. The second-order valence-corrected chi connectivity index (χ2v) is 4.64. The Balaban J connectivity index is 2.34. The quantitative estimate of drug-likeness (QED) is 0.650. The maximum Gasteiger partial charge on any atom is 0.147 e. The van der Waals surface area contributed by atoms with Crippen LogP contribution in [0.2, 0.25) is 0 Å². The van der Waals surface area contributed by atoms with E-state index in [0.29, 0.717) is 11.3 Å². The first-order chi connectivity index (χ1) is 9.01. The molecule has 0 aromatic heterocycles. The maximum absolute atomic E-state index is 13.6. The van der Waals surface area contributed by atoms with Crippen LogP contribution in [0.4, 0.5) is 25.8 Å². The number of nitrogen functional groups attached to an aromatic ring is 1. The molecule has 0 saturated carbocycles. The summed E-state index contributed by atoms with van der Waals surface area (Å²) in [6.45, 7) is 0. The minimum absolute atomic E-state index is 0.00944. The lowest BCUT2D eigenvalue weighted by molar-refractivity contribution is 0.598. The summed E-state index contributed by atoms with van der Waals surface area (Å²) in [7, 11) is 0. The monoisotopic (exact) mass is 323 g/mol. The Kier molecular flexibility index (Phi) is 3.67. The number of hydrogen-bond acceptors (Lipinski definition) is 3. The Labute approximate surface area is 116 Å². The van der Waals surface area contributed by atoms with Gasteiger partial charge in [-0.05, 0) is 40.2 Å². The van der Waals surface area contributed by atoms with Crippen LogP contribution < -0.4 is 11.1 Å². The number of anilines is 3. The Hall–Kier alpha value is -2.13. The van der Waals surface area contributed by atoms with Gasteiger partial charge in [0.15, 0.2) is 0 Å². The lowest BCUT2D eigenvalue weighted by atomic mass is 10.1. The van der Waals surface area contributed by atoms with Crippen molar-refractivity contribution in [2.45, 2.75) is 0 Å². The average molecular weight is 324 g/mol. The molecular weight excluding hydrogens is 316 g/mol. The second-order valence-electron chi connectivity index (χ2n) is 3.78. The summed E-state index contributed by atoms with van der Waals surface area (Å²) in [5.74, 6) is -1.18. The van der Waals surface area contributed by atoms with Crippen molar-refractivity contribution in [2.75, 3.05) is 11.1 Å². The Morgan fingerprint density at radius 3 is 2.53 bits per heavy atom. The van der Waals surface area contributed by atoms with Crippen molar-refractivity contribution in [1.29, 1.82) is 5.26 Å². The van der Waals surface area contributed by atoms with Gasteiger partial charge in [-0.3, -0.25) is 0 Å². The van der Waals surface area contributed by atoms with E-state index >= 15 is 0 Å². The molecule has 6 heteroatoms. The number of nitriles is 1. The van der Waals surface area contributed by atoms with Gasteiger partial charge >= 0.3 is 0 Å². The van der Waals surface area contributed by atoms with Gasteiger partial charge < -0.3 is 11.1 Å². The molecule has 19 heavy (non-hydrogen) atoms. The van der Waals surface area contributed by atoms with Crippen LogP contribution in [-0.4, -0.2) is 0 Å². The first-order valence-electron chi connectivity index (χ1n) is 5.22. The largest absolute Gasteiger partial charge is 0.398 e. The van der Waals surface area contributed by atoms with Gasteiger partial charge in [0.05, 0.1) is 21.4 Å². The average Bonchev–Trinajstić information content (AvgIpc) is 2.36. The molecule has 0 aliphatic rings. The third kappa shape index (κ3) is 2.83. The van der Waals surface area contributed by atoms with Crippen molar-refractivity contribution < 1.29 is 8.78 Å². The minimum Gasteiger partial charge on any atom is -0.398 e. The van der Waals surface area contributed by atoms with E-state index in [1.54, 1.807) is 6.07 Å². The van der Waals surface area contributed by atoms with Gasteiger partial charge in [0.1, 0.15) is 17.7 Å². The van der Waals surface area contributed by atoms with Crippen LogP contribution in [0, 0.1) is 23.0 Å². The zero-order valence-corrected chi connectivity index (χ0v) is 11.1. The van der Waals surface area contributed by atoms with Gasteiger partial charge in [-0.25, -0.2) is 8.78 Å². The Morgan fingerprint density at radius 1 is 1.16 bits per heavy atom. The summed E-state index contributed by atoms with van der Waals surface area (Å²) in [5.41, 5.74) is 6.70. The SMILES string of the molecule is N#Cc1ccc(Nc2cc(F)c(Br)cc2F)cc1N. The second kappa shape index (κ2) is 5.24. The summed E-state index contributed by atoms with van der Waals surface area (Å²) in [5, 5.41) is 11.5. The van der Waals surface area contributed by atoms with E-state index in [1.807, 2.05) is 6.07 Å². The summed E-state index contributed by atoms with van der Waals surface area (Å²) in [4.78, 5) is 0. The molecule has 0 fully saturated rings. The summed E-state index contributed by atoms with van der Waals surface area (Å²) < 4.78 is 27.0. The zero-order valence-electron chi connectivity index (χ0n) is 9.55. The molecule has 3 N–H and O–H groups in total. The van der Waals surface area contributed by atoms with Crippen molar-refractivity contribution in [3.63, 3.8) is 0 Å². The maximum atomic E-state index is 13.6. The van der Waals surface area contributed by atoms with Gasteiger partial charge in [-0.15, -0.1) is 0 Å². The van der Waals surface area contributed by atoms with Gasteiger partial charge in [-0.2, -0.15) is 5.26 Å². The van der Waals surface area contributed by atoms with Crippen molar-refractivity contribution >= 4 is 33.0 Å². The van der Waals surface area contributed by atoms with Gasteiger partial charge in [0.2, 0.25) is 0 Å². The van der Waals surface area contributed by atoms with Gasteiger partial charge in [0.25, 0.3) is 0 Å². The molecule has 2 rings (SSSR count). The van der Waals surface area contributed by atoms with E-state index in [1.165, 1.54) is 12.1 Å². The van der Waals surface area contributed by atoms with Gasteiger partial charge in [0, 0.05) is 11.8 Å². The molecule has 96 valence electrons. The van der Waals surface area contributed by atoms with E-state index in [2.05, 4.69) is 21.2 Å². The molecule has 0 amide bonds. The lowest BCUT2D eigenvalue weighted by Crippen LogP contribution is -1.98. The molecule has 2 aromatic rings. The predicted octanol–water partition coefficient (Wildman–Crippen LogP) is 3.92. The standard InChI is InChI=1S/C13H8BrF2N3/c14-9-4-11(16)13(5-10(9)15)19-8-2-1-7(6-17)12(18)3-8/h1-5,19H,18H2. The van der Waals surface area contributed by atoms with E-state index in [4.69, 9.17) is 11.0 Å². The van der Waals surface area contributed by atoms with Crippen molar-refractivity contribution in [3.05, 3.63) is 52.0 Å². The first-order valence-corrected chi connectivity index (χ1v) is 6.01. The molecule has 0 aliphatic heterocycles. The Morgan fingerprint density at radius 2 is 1.89 bits per heavy atom. The van der Waals surface area contributed by atoms with Crippen molar-refractivity contribution in [2.24, 2.45) is 0 Å². The highest BCUT2D eigenvalue weighted by molar-refractivity contribution is 9.10. The van der Waals surface area contributed by atoms with Gasteiger partial charge in [-0.1, -0.05) is 0 Å². The van der Waals surface area contributed by atoms with Crippen LogP contribution in [0.1, 0.15) is 5.56 Å². The number of nitrogens with one attached hydrogen (secondary N) is 1. The molecule has 0 bridgehead atoms. The predicted molar refractivity (Wildman–Crippen MR) is 72.9 cm³/mol. The normalized spacial score (nSPS) is 10.0. The van der Waals surface area contributed by atoms with Crippen LogP contribution in [0.25, 0.3) is 0 Å². The lowest BCUT2D eigenvalue weighted by Gasteiger charge is -2.09. The number of halogens is 3. The van der Waals surface area contributed by atoms with Crippen LogP contribution >= 0.6 is 15.9 Å². The summed E-state index contributed by atoms with van der Waals surface area (Å²) in [6.07, 6.45) is 0. The van der Waals surface area contributed by atoms with Crippen LogP contribution in [-0.2, 0) is 0 Å². The Bertz CT molecular complexity index is 680. The molecule has 0 unspecified atom stereocenters. The number of nitrogens with two attached hydrogens (primary N) is 1. The molecule has 2 aromatic carbocycles. The number of rotatable bonds is 2. The van der Waals surface area contributed by atoms with Crippen LogP contribution in [0.3, 0.4) is 0 Å². The van der Waals surface area contributed by atoms with E-state index in [-0.39, 0.29) is 15.8 Å². The van der Waals surface area contributed by atoms with Crippen LogP contribution in [0.15, 0.2) is 34.8 Å². The molecular formula is C13H8BrF2N3. The fourth-order valence-corrected chi connectivity index (χ4v) is 1.83. The molecule has 0 aliphatic carbocycles. The number of hydrogen-bond donors (Lipinski definition) is 2. The third-order valence-corrected chi connectivity index (χ3v) is 3.07. The molecule has 0 atom stereocenters. The van der Waals surface area contributed by atoms with Crippen LogP contribution in [0.5, 0.6) is 0 Å². The highest BCUT2D eigenvalue weighted by atomic mass is 79.9. The van der Waals surface area contributed by atoms with Crippen molar-refractivity contribution in [3.8, 4) is 6.07 Å². The highest BCUT2D eigenvalue weighted by Crippen LogP contribution is 2.27. The molecule has 0 heterocycles. The molecule has 0 saturated heterocycles. The fourth-order valence-electron chi connectivity index (χ4n) is 1.52. The number of nitrogens with zero attached hydrogens (tertiary/aromatic N) is 1. The zero-order chi connectivity index (χ0) is 14.0.